The summed E-state index contributed by atoms with van der Waals surface area (Å²) in [5, 5.41) is 0. The minimum absolute atomic E-state index is 0.0138. The van der Waals surface area contributed by atoms with Crippen LogP contribution in [0.5, 0.6) is 5.75 Å². The number of allylic oxidation sites excluding steroid dienone is 5. The highest BCUT2D eigenvalue weighted by atomic mass is 16.5. The van der Waals surface area contributed by atoms with Crippen LogP contribution in [0, 0.1) is 40.4 Å². The Hall–Kier alpha value is -2.29. The van der Waals surface area contributed by atoms with Gasteiger partial charge in [0.2, 0.25) is 0 Å². The van der Waals surface area contributed by atoms with Crippen LogP contribution in [0.15, 0.2) is 59.7 Å². The van der Waals surface area contributed by atoms with Crippen LogP contribution in [0.3, 0.4) is 0 Å². The molecule has 230 valence electrons. The molecule has 5 rings (SSSR count). The first-order chi connectivity index (χ1) is 20.2. The van der Waals surface area contributed by atoms with Crippen molar-refractivity contribution in [2.75, 3.05) is 7.11 Å². The highest BCUT2D eigenvalue weighted by Gasteiger charge is 2.59. The molecule has 0 amide bonds. The van der Waals surface area contributed by atoms with E-state index < -0.39 is 0 Å². The third-order valence-electron chi connectivity index (χ3n) is 12.2. The van der Waals surface area contributed by atoms with Gasteiger partial charge in [0, 0.05) is 6.42 Å². The van der Waals surface area contributed by atoms with Gasteiger partial charge in [-0.05, 0) is 149 Å². The lowest BCUT2D eigenvalue weighted by Crippen LogP contribution is -2.51. The molecule has 0 spiro atoms. The number of methoxy groups -OCH3 is 1. The summed E-state index contributed by atoms with van der Waals surface area (Å²) >= 11 is 0. The first kappa shape index (κ1) is 31.1. The van der Waals surface area contributed by atoms with Crippen LogP contribution in [0.4, 0.5) is 0 Å². The monoisotopic (exact) mass is 572 g/mol. The first-order valence-corrected chi connectivity index (χ1v) is 17.0. The van der Waals surface area contributed by atoms with E-state index in [0.29, 0.717) is 16.9 Å². The highest BCUT2D eigenvalue weighted by Crippen LogP contribution is 2.67. The number of esters is 1. The predicted molar refractivity (Wildman–Crippen MR) is 174 cm³/mol. The van der Waals surface area contributed by atoms with E-state index in [4.69, 9.17) is 9.47 Å². The summed E-state index contributed by atoms with van der Waals surface area (Å²) < 4.78 is 11.3. The van der Waals surface area contributed by atoms with Crippen LogP contribution in [0.25, 0.3) is 0 Å². The smallest absolute Gasteiger partial charge is 0.338 e. The summed E-state index contributed by atoms with van der Waals surface area (Å²) in [5.41, 5.74) is 4.36. The van der Waals surface area contributed by atoms with Crippen molar-refractivity contribution in [3.05, 3.63) is 65.3 Å². The first-order valence-electron chi connectivity index (χ1n) is 17.0. The van der Waals surface area contributed by atoms with Crippen molar-refractivity contribution in [3.8, 4) is 5.75 Å². The quantitative estimate of drug-likeness (QED) is 0.159. The number of fused-ring (bicyclic) bond motifs is 5. The topological polar surface area (TPSA) is 35.5 Å². The van der Waals surface area contributed by atoms with Gasteiger partial charge in [-0.1, -0.05) is 56.2 Å². The number of carbonyl (C=O) groups excluding carboxylic acids is 1. The van der Waals surface area contributed by atoms with E-state index in [-0.39, 0.29) is 17.5 Å². The van der Waals surface area contributed by atoms with Crippen LogP contribution in [-0.2, 0) is 4.74 Å². The van der Waals surface area contributed by atoms with Gasteiger partial charge in [0.25, 0.3) is 0 Å². The molecule has 0 aliphatic heterocycles. The van der Waals surface area contributed by atoms with Crippen molar-refractivity contribution in [2.45, 2.75) is 118 Å². The lowest BCUT2D eigenvalue weighted by molar-refractivity contribution is -0.0565. The van der Waals surface area contributed by atoms with E-state index in [0.717, 1.165) is 48.7 Å². The van der Waals surface area contributed by atoms with Crippen molar-refractivity contribution in [1.29, 1.82) is 0 Å². The van der Waals surface area contributed by atoms with E-state index in [9.17, 15) is 4.79 Å². The van der Waals surface area contributed by atoms with Crippen molar-refractivity contribution < 1.29 is 14.3 Å². The van der Waals surface area contributed by atoms with E-state index in [2.05, 4.69) is 58.9 Å². The van der Waals surface area contributed by atoms with Crippen molar-refractivity contribution in [3.63, 3.8) is 0 Å². The van der Waals surface area contributed by atoms with Crippen molar-refractivity contribution in [2.24, 2.45) is 40.4 Å². The van der Waals surface area contributed by atoms with Gasteiger partial charge in [0.1, 0.15) is 11.9 Å². The van der Waals surface area contributed by atoms with Crippen LogP contribution in [0.1, 0.15) is 122 Å². The van der Waals surface area contributed by atoms with E-state index in [1.54, 1.807) is 24.8 Å². The molecule has 1 aromatic rings. The van der Waals surface area contributed by atoms with Crippen LogP contribution in [-0.4, -0.2) is 19.2 Å². The molecule has 0 N–H and O–H groups in total. The summed E-state index contributed by atoms with van der Waals surface area (Å²) in [7, 11) is 1.64. The maximum atomic E-state index is 12.9. The van der Waals surface area contributed by atoms with Gasteiger partial charge in [-0.2, -0.15) is 0 Å². The van der Waals surface area contributed by atoms with Gasteiger partial charge >= 0.3 is 5.97 Å². The minimum atomic E-state index is -0.210. The molecule has 4 aliphatic carbocycles. The molecule has 0 aromatic heterocycles. The Labute approximate surface area is 256 Å². The second-order valence-electron chi connectivity index (χ2n) is 14.8. The second-order valence-corrected chi connectivity index (χ2v) is 14.8. The third kappa shape index (κ3) is 6.31. The Morgan fingerprint density at radius 2 is 1.76 bits per heavy atom. The van der Waals surface area contributed by atoms with Crippen LogP contribution >= 0.6 is 0 Å². The molecule has 0 heterocycles. The maximum absolute atomic E-state index is 12.9. The fourth-order valence-corrected chi connectivity index (χ4v) is 9.82. The van der Waals surface area contributed by atoms with Gasteiger partial charge in [-0.15, -0.1) is 0 Å². The molecular formula is C39H56O3. The zero-order chi connectivity index (χ0) is 29.9. The average molecular weight is 573 g/mol. The standard InChI is InChI=1S/C39H56O3/c1-27(2)12-10-8-7-9-11-13-28(3)34-20-21-35-33-19-16-30-26-32(42-37(40)29-14-17-31(41-6)18-15-29)22-24-38(30,4)36(33)23-25-39(34,35)5/h11-18,28,32-36H,7-10,19-26H2,1-6H3/b13-11+/t28-,32+,33+,34-,35?,36+,38+,39-/m1/s1. The molecule has 0 saturated heterocycles. The fraction of sp³-hybridized carbons (Fsp3) is 0.667. The van der Waals surface area contributed by atoms with Gasteiger partial charge < -0.3 is 9.47 Å². The molecule has 1 aromatic carbocycles. The molecule has 3 heteroatoms. The molecule has 0 bridgehead atoms. The molecule has 8 atom stereocenters. The molecular weight excluding hydrogens is 516 g/mol. The maximum Gasteiger partial charge on any atom is 0.338 e. The minimum Gasteiger partial charge on any atom is -0.497 e. The number of unbranched alkanes of at least 4 members (excludes halogenated alkanes) is 3. The SMILES string of the molecule is COc1ccc(C(=O)O[C@H]2CC[C@@]3(C)C(=CC[C@H]4C5CC[C@H]([C@H](C)/C=C/CCCCC=C(C)C)[C@@]5(C)CC[C@@H]43)C2)cc1. The zero-order valence-electron chi connectivity index (χ0n) is 27.3. The Morgan fingerprint density at radius 3 is 2.50 bits per heavy atom. The number of hydrogen-bond donors (Lipinski definition) is 0. The Balaban J connectivity index is 1.18. The molecule has 4 aliphatic rings. The van der Waals surface area contributed by atoms with Gasteiger partial charge in [-0.3, -0.25) is 0 Å². The molecule has 3 fully saturated rings. The Kier molecular flexibility index (Phi) is 9.75. The number of rotatable bonds is 10. The molecule has 42 heavy (non-hydrogen) atoms. The second kappa shape index (κ2) is 13.1. The fourth-order valence-electron chi connectivity index (χ4n) is 9.82. The largest absolute Gasteiger partial charge is 0.497 e. The van der Waals surface area contributed by atoms with E-state index >= 15 is 0 Å². The Bertz CT molecular complexity index is 1170. The molecule has 3 nitrogen and oxygen atoms in total. The van der Waals surface area contributed by atoms with Crippen LogP contribution < -0.4 is 4.74 Å². The summed E-state index contributed by atoms with van der Waals surface area (Å²) in [6.45, 7) is 12.1. The van der Waals surface area contributed by atoms with Crippen LogP contribution in [0.2, 0.25) is 0 Å². The molecule has 0 radical (unpaired) electrons. The highest BCUT2D eigenvalue weighted by molar-refractivity contribution is 5.89. The predicted octanol–water partition coefficient (Wildman–Crippen LogP) is 10.5. The van der Waals surface area contributed by atoms with Crippen molar-refractivity contribution in [1.82, 2.24) is 0 Å². The zero-order valence-corrected chi connectivity index (χ0v) is 27.3. The number of hydrogen-bond acceptors (Lipinski definition) is 3. The van der Waals surface area contributed by atoms with Gasteiger partial charge in [-0.25, -0.2) is 4.79 Å². The summed E-state index contributed by atoms with van der Waals surface area (Å²) in [5.74, 6) is 4.48. The number of carbonyl (C=O) groups is 1. The Morgan fingerprint density at radius 1 is 1.00 bits per heavy atom. The lowest BCUT2D eigenvalue weighted by atomic mass is 9.47. The molecule has 1 unspecified atom stereocenters. The van der Waals surface area contributed by atoms with Crippen molar-refractivity contribution >= 4 is 5.97 Å². The normalized spacial score (nSPS) is 34.5. The molecule has 3 saturated carbocycles. The number of benzene rings is 1. The van der Waals surface area contributed by atoms with E-state index in [1.807, 2.05) is 12.1 Å². The van der Waals surface area contributed by atoms with E-state index in [1.165, 1.54) is 63.4 Å². The average Bonchev–Trinajstić information content (AvgIpc) is 3.34. The number of ether oxygens (including phenoxy) is 2. The summed E-state index contributed by atoms with van der Waals surface area (Å²) in [6.07, 6.45) is 24.8. The summed E-state index contributed by atoms with van der Waals surface area (Å²) in [6, 6.07) is 7.26. The van der Waals surface area contributed by atoms with Gasteiger partial charge in [0.05, 0.1) is 12.7 Å². The lowest BCUT2D eigenvalue weighted by Gasteiger charge is -2.58. The summed E-state index contributed by atoms with van der Waals surface area (Å²) in [4.78, 5) is 12.9. The third-order valence-corrected chi connectivity index (χ3v) is 12.2. The van der Waals surface area contributed by atoms with Gasteiger partial charge in [0.15, 0.2) is 0 Å².